The summed E-state index contributed by atoms with van der Waals surface area (Å²) in [6.45, 7) is 9.60. The van der Waals surface area contributed by atoms with Crippen LogP contribution in [0, 0.1) is 11.8 Å². The van der Waals surface area contributed by atoms with Crippen molar-refractivity contribution in [3.63, 3.8) is 0 Å². The number of likely N-dealkylation sites (tertiary alicyclic amines) is 1. The Morgan fingerprint density at radius 3 is 2.35 bits per heavy atom. The number of hydrogen-bond acceptors (Lipinski definition) is 8. The molecule has 1 aromatic heterocycles. The fraction of sp³-hybridized carbons (Fsp3) is 0.625. The third-order valence-corrected chi connectivity index (χ3v) is 11.1. The lowest BCUT2D eigenvalue weighted by Crippen LogP contribution is -2.53. The molecular weight excluding hydrogens is 613 g/mol. The Kier molecular flexibility index (Phi) is 11.7. The highest BCUT2D eigenvalue weighted by Crippen LogP contribution is 2.54. The summed E-state index contributed by atoms with van der Waals surface area (Å²) >= 11 is 0. The molecule has 4 rings (SSSR count). The number of hydrogen-bond donors (Lipinski definition) is 5. The Balaban J connectivity index is 1.56. The summed E-state index contributed by atoms with van der Waals surface area (Å²) in [6, 6.07) is 6.96. The molecule has 2 aromatic rings. The number of aromatic nitrogens is 1. The van der Waals surface area contributed by atoms with E-state index in [0.29, 0.717) is 38.0 Å². The van der Waals surface area contributed by atoms with Crippen LogP contribution in [0.1, 0.15) is 77.2 Å². The van der Waals surface area contributed by atoms with Gasteiger partial charge in [0.25, 0.3) is 5.91 Å². The Hall–Kier alpha value is -3.25. The van der Waals surface area contributed by atoms with Gasteiger partial charge in [-0.25, -0.2) is 0 Å². The van der Waals surface area contributed by atoms with E-state index >= 15 is 0 Å². The van der Waals surface area contributed by atoms with E-state index in [2.05, 4.69) is 20.9 Å². The minimum absolute atomic E-state index is 0.00872. The van der Waals surface area contributed by atoms with Crippen LogP contribution in [0.3, 0.4) is 0 Å². The number of carbonyl (C=O) groups excluding carboxylic acids is 4. The van der Waals surface area contributed by atoms with E-state index in [9.17, 15) is 28.8 Å². The van der Waals surface area contributed by atoms with Gasteiger partial charge in [-0.15, -0.1) is 0 Å². The maximum Gasteiger partial charge on any atom is 0.360 e. The predicted octanol–water partition coefficient (Wildman–Crippen LogP) is 3.29. The van der Waals surface area contributed by atoms with Gasteiger partial charge in [-0.05, 0) is 64.0 Å². The van der Waals surface area contributed by atoms with Crippen molar-refractivity contribution in [2.45, 2.75) is 90.2 Å². The summed E-state index contributed by atoms with van der Waals surface area (Å²) in [4.78, 5) is 57.1. The summed E-state index contributed by atoms with van der Waals surface area (Å²) in [5, 5.41) is 21.1. The molecule has 0 bridgehead atoms. The topological polar surface area (TPSA) is 179 Å². The van der Waals surface area contributed by atoms with Crippen LogP contribution in [0.25, 0.3) is 10.9 Å². The molecule has 2 saturated heterocycles. The number of H-pyrrole nitrogens is 1. The minimum Gasteiger partial charge on any atom is -0.379 e. The zero-order valence-electron chi connectivity index (χ0n) is 27.3. The van der Waals surface area contributed by atoms with E-state index in [1.807, 2.05) is 38.1 Å². The van der Waals surface area contributed by atoms with Crippen LogP contribution in [0.4, 0.5) is 0 Å². The van der Waals surface area contributed by atoms with Gasteiger partial charge in [0, 0.05) is 42.4 Å². The van der Waals surface area contributed by atoms with Crippen LogP contribution >= 0.6 is 7.60 Å². The number of carbonyl (C=O) groups is 4. The zero-order chi connectivity index (χ0) is 33.6. The van der Waals surface area contributed by atoms with Crippen molar-refractivity contribution in [1.29, 1.82) is 0 Å². The molecule has 254 valence electrons. The van der Waals surface area contributed by atoms with Crippen molar-refractivity contribution in [3.8, 4) is 0 Å². The first-order chi connectivity index (χ1) is 21.8. The lowest BCUT2D eigenvalue weighted by Gasteiger charge is -2.39. The summed E-state index contributed by atoms with van der Waals surface area (Å²) in [5.41, 5.74) is 0.563. The van der Waals surface area contributed by atoms with Gasteiger partial charge in [0.05, 0.1) is 19.3 Å². The van der Waals surface area contributed by atoms with E-state index in [1.165, 1.54) is 6.92 Å². The molecule has 5 N–H and O–H groups in total. The number of aliphatic hydroxyl groups excluding tert-OH is 1. The van der Waals surface area contributed by atoms with Crippen LogP contribution in [-0.2, 0) is 28.0 Å². The summed E-state index contributed by atoms with van der Waals surface area (Å²) in [6.07, 6.45) is 1.85. The number of benzene rings is 1. The molecule has 2 aliphatic heterocycles. The molecule has 2 fully saturated rings. The Labute approximate surface area is 270 Å². The van der Waals surface area contributed by atoms with Crippen molar-refractivity contribution in [2.75, 3.05) is 26.3 Å². The summed E-state index contributed by atoms with van der Waals surface area (Å²) in [7, 11) is -4.14. The third-order valence-electron chi connectivity index (χ3n) is 8.83. The fourth-order valence-corrected chi connectivity index (χ4v) is 8.23. The average molecular weight is 662 g/mol. The second-order valence-electron chi connectivity index (χ2n) is 12.7. The van der Waals surface area contributed by atoms with Crippen molar-refractivity contribution in [3.05, 3.63) is 36.0 Å². The van der Waals surface area contributed by atoms with Gasteiger partial charge < -0.3 is 40.0 Å². The molecule has 0 radical (unpaired) electrons. The van der Waals surface area contributed by atoms with Crippen LogP contribution in [-0.4, -0.2) is 88.4 Å². The number of nitrogens with zero attached hydrogens (tertiary/aromatic N) is 1. The van der Waals surface area contributed by atoms with Crippen LogP contribution < -0.4 is 16.0 Å². The van der Waals surface area contributed by atoms with Crippen LogP contribution in [0.15, 0.2) is 30.3 Å². The molecular formula is C32H48N5O8P. The van der Waals surface area contributed by atoms with Gasteiger partial charge >= 0.3 is 7.60 Å². The van der Waals surface area contributed by atoms with Crippen molar-refractivity contribution >= 4 is 42.1 Å². The van der Waals surface area contributed by atoms with E-state index < -0.39 is 48.8 Å². The molecule has 0 aliphatic carbocycles. The second-order valence-corrected chi connectivity index (χ2v) is 14.9. The molecule has 1 aromatic carbocycles. The number of rotatable bonds is 14. The van der Waals surface area contributed by atoms with Crippen LogP contribution in [0.2, 0.25) is 0 Å². The molecule has 14 heteroatoms. The van der Waals surface area contributed by atoms with Crippen LogP contribution in [0.5, 0.6) is 0 Å². The highest BCUT2D eigenvalue weighted by molar-refractivity contribution is 7.54. The number of aliphatic hydroxyl groups is 1. The zero-order valence-corrected chi connectivity index (χ0v) is 28.2. The third kappa shape index (κ3) is 8.36. The van der Waals surface area contributed by atoms with Crippen molar-refractivity contribution in [2.24, 2.45) is 11.8 Å². The Morgan fingerprint density at radius 2 is 1.76 bits per heavy atom. The molecule has 4 atom stereocenters. The lowest BCUT2D eigenvalue weighted by atomic mass is 9.82. The molecule has 13 nitrogen and oxygen atoms in total. The largest absolute Gasteiger partial charge is 0.379 e. The molecule has 3 unspecified atom stereocenters. The predicted molar refractivity (Wildman–Crippen MR) is 173 cm³/mol. The van der Waals surface area contributed by atoms with Gasteiger partial charge in [-0.3, -0.25) is 23.7 Å². The highest BCUT2D eigenvalue weighted by Gasteiger charge is 2.49. The minimum atomic E-state index is -4.14. The van der Waals surface area contributed by atoms with E-state index in [-0.39, 0.29) is 43.8 Å². The SMILES string of the molecule is CCOP(=O)(OCC)C(O)C(CC1CC2(CCN(C(C)=O)CC2)NC1=O)NC(=O)[C@H](CC(C)C)NC(=O)c1cc2ccccc2[nH]1. The monoisotopic (exact) mass is 661 g/mol. The summed E-state index contributed by atoms with van der Waals surface area (Å²) < 4.78 is 24.6. The summed E-state index contributed by atoms with van der Waals surface area (Å²) in [5.74, 6) is -3.70. The highest BCUT2D eigenvalue weighted by atomic mass is 31.2. The fourth-order valence-electron chi connectivity index (χ4n) is 6.50. The maximum absolute atomic E-state index is 13.9. The number of aromatic amines is 1. The van der Waals surface area contributed by atoms with Crippen molar-refractivity contribution in [1.82, 2.24) is 25.8 Å². The van der Waals surface area contributed by atoms with Crippen molar-refractivity contribution < 1.29 is 37.9 Å². The van der Waals surface area contributed by atoms with E-state index in [1.54, 1.807) is 24.8 Å². The standard InChI is InChI=1S/C32H48N5O8P/c1-6-44-46(43,45-7-2)31(42)27(18-23-19-32(36-28(23)39)12-14-37(15-13-32)21(5)38)35-29(40)25(16-20(3)4)34-30(41)26-17-22-10-8-9-11-24(22)33-26/h8-11,17,20,23,25,27,31,33,42H,6-7,12-16,18-19H2,1-5H3,(H,34,41)(H,35,40)(H,36,39)/t23?,25-,27?,31?/m0/s1. The molecule has 0 saturated carbocycles. The number of fused-ring (bicyclic) bond motifs is 1. The quantitative estimate of drug-likeness (QED) is 0.191. The first-order valence-electron chi connectivity index (χ1n) is 16.1. The van der Waals surface area contributed by atoms with Gasteiger partial charge in [-0.2, -0.15) is 0 Å². The maximum atomic E-state index is 13.9. The number of amides is 4. The number of para-hydroxylation sites is 1. The smallest absolute Gasteiger partial charge is 0.360 e. The van der Waals surface area contributed by atoms with Gasteiger partial charge in [0.1, 0.15) is 11.7 Å². The molecule has 4 amide bonds. The van der Waals surface area contributed by atoms with E-state index in [0.717, 1.165) is 10.9 Å². The van der Waals surface area contributed by atoms with Gasteiger partial charge in [0.15, 0.2) is 5.85 Å². The normalized spacial score (nSPS) is 20.0. The first kappa shape index (κ1) is 35.6. The Bertz CT molecular complexity index is 1410. The first-order valence-corrected chi connectivity index (χ1v) is 17.7. The Morgan fingerprint density at radius 1 is 1.11 bits per heavy atom. The van der Waals surface area contributed by atoms with Gasteiger partial charge in [-0.1, -0.05) is 32.0 Å². The van der Waals surface area contributed by atoms with E-state index in [4.69, 9.17) is 9.05 Å². The number of piperidine rings is 1. The second kappa shape index (κ2) is 15.1. The average Bonchev–Trinajstić information content (AvgIpc) is 3.57. The molecule has 1 spiro atoms. The lowest BCUT2D eigenvalue weighted by molar-refractivity contribution is -0.130. The molecule has 46 heavy (non-hydrogen) atoms. The molecule has 2 aliphatic rings. The number of nitrogens with one attached hydrogen (secondary N) is 4. The van der Waals surface area contributed by atoms with Gasteiger partial charge in [0.2, 0.25) is 17.7 Å². The molecule has 3 heterocycles.